The van der Waals surface area contributed by atoms with Crippen molar-refractivity contribution >= 4 is 5.96 Å². The van der Waals surface area contributed by atoms with E-state index >= 15 is 0 Å². The summed E-state index contributed by atoms with van der Waals surface area (Å²) < 4.78 is 10.8. The van der Waals surface area contributed by atoms with Crippen LogP contribution in [0.4, 0.5) is 0 Å². The van der Waals surface area contributed by atoms with Gasteiger partial charge in [0.05, 0.1) is 7.11 Å². The van der Waals surface area contributed by atoms with E-state index in [1.54, 1.807) is 14.2 Å². The van der Waals surface area contributed by atoms with Crippen molar-refractivity contribution in [2.45, 2.75) is 32.6 Å². The number of nitrogens with zero attached hydrogens (tertiary/aromatic N) is 1. The van der Waals surface area contributed by atoms with Gasteiger partial charge in [0.1, 0.15) is 5.75 Å². The summed E-state index contributed by atoms with van der Waals surface area (Å²) in [6.07, 6.45) is 2.14. The van der Waals surface area contributed by atoms with Crippen molar-refractivity contribution < 1.29 is 9.47 Å². The van der Waals surface area contributed by atoms with Gasteiger partial charge in [-0.15, -0.1) is 0 Å². The number of rotatable bonds is 10. The molecule has 1 aromatic carbocycles. The van der Waals surface area contributed by atoms with Crippen LogP contribution in [-0.2, 0) is 4.74 Å². The summed E-state index contributed by atoms with van der Waals surface area (Å²) in [6, 6.07) is 8.14. The average Bonchev–Trinajstić information content (AvgIpc) is 2.60. The molecule has 1 atom stereocenters. The van der Waals surface area contributed by atoms with Crippen LogP contribution in [0.15, 0.2) is 29.3 Å². The van der Waals surface area contributed by atoms with Gasteiger partial charge in [-0.25, -0.2) is 0 Å². The molecule has 0 spiro atoms. The Labute approximate surface area is 140 Å². The Morgan fingerprint density at radius 3 is 2.70 bits per heavy atom. The van der Waals surface area contributed by atoms with Gasteiger partial charge in [-0.1, -0.05) is 25.1 Å². The van der Waals surface area contributed by atoms with Gasteiger partial charge < -0.3 is 20.1 Å². The minimum Gasteiger partial charge on any atom is -0.496 e. The lowest BCUT2D eigenvalue weighted by Gasteiger charge is -2.18. The lowest BCUT2D eigenvalue weighted by Crippen LogP contribution is -2.39. The number of unbranched alkanes of at least 4 members (excludes halogenated alkanes) is 1. The number of ether oxygens (including phenoxy) is 2. The van der Waals surface area contributed by atoms with E-state index in [0.717, 1.165) is 50.9 Å². The molecule has 130 valence electrons. The Morgan fingerprint density at radius 1 is 1.22 bits per heavy atom. The van der Waals surface area contributed by atoms with Gasteiger partial charge in [0.25, 0.3) is 0 Å². The molecule has 5 heteroatoms. The summed E-state index contributed by atoms with van der Waals surface area (Å²) in [6.45, 7) is 7.52. The first-order valence-electron chi connectivity index (χ1n) is 8.38. The molecule has 5 nitrogen and oxygen atoms in total. The zero-order valence-electron chi connectivity index (χ0n) is 14.9. The smallest absolute Gasteiger partial charge is 0.190 e. The highest BCUT2D eigenvalue weighted by atomic mass is 16.5. The van der Waals surface area contributed by atoms with Crippen LogP contribution in [0.3, 0.4) is 0 Å². The van der Waals surface area contributed by atoms with Crippen LogP contribution in [0.2, 0.25) is 0 Å². The maximum Gasteiger partial charge on any atom is 0.190 e. The quantitative estimate of drug-likeness (QED) is 0.395. The first-order valence-corrected chi connectivity index (χ1v) is 8.38. The molecule has 0 heterocycles. The summed E-state index contributed by atoms with van der Waals surface area (Å²) in [4.78, 5) is 4.26. The molecule has 1 rings (SSSR count). The molecule has 0 aliphatic heterocycles. The summed E-state index contributed by atoms with van der Waals surface area (Å²) >= 11 is 0. The topological polar surface area (TPSA) is 54.9 Å². The number of guanidine groups is 1. The molecule has 0 bridgehead atoms. The Morgan fingerprint density at radius 2 is 2.00 bits per heavy atom. The second kappa shape index (κ2) is 11.8. The van der Waals surface area contributed by atoms with E-state index in [-0.39, 0.29) is 0 Å². The van der Waals surface area contributed by atoms with Gasteiger partial charge >= 0.3 is 0 Å². The van der Waals surface area contributed by atoms with Crippen LogP contribution in [-0.4, -0.2) is 46.4 Å². The van der Waals surface area contributed by atoms with E-state index < -0.39 is 0 Å². The number of para-hydroxylation sites is 1. The first-order chi connectivity index (χ1) is 11.2. The highest BCUT2D eigenvalue weighted by Crippen LogP contribution is 2.25. The summed E-state index contributed by atoms with van der Waals surface area (Å²) in [5.74, 6) is 2.10. The molecular weight excluding hydrogens is 290 g/mol. The predicted octanol–water partition coefficient (Wildman–Crippen LogP) is 2.78. The third kappa shape index (κ3) is 7.37. The molecule has 0 aromatic heterocycles. The van der Waals surface area contributed by atoms with Crippen molar-refractivity contribution in [2.24, 2.45) is 4.99 Å². The van der Waals surface area contributed by atoms with Crippen molar-refractivity contribution in [1.29, 1.82) is 0 Å². The van der Waals surface area contributed by atoms with Gasteiger partial charge in [-0.05, 0) is 31.4 Å². The second-order valence-electron chi connectivity index (χ2n) is 5.43. The van der Waals surface area contributed by atoms with E-state index in [0.29, 0.717) is 5.92 Å². The molecule has 2 N–H and O–H groups in total. The fourth-order valence-corrected chi connectivity index (χ4v) is 2.33. The van der Waals surface area contributed by atoms with Crippen LogP contribution < -0.4 is 15.4 Å². The van der Waals surface area contributed by atoms with E-state index in [2.05, 4.69) is 28.6 Å². The van der Waals surface area contributed by atoms with Crippen molar-refractivity contribution in [3.8, 4) is 5.75 Å². The molecule has 0 aliphatic rings. The summed E-state index contributed by atoms with van der Waals surface area (Å²) in [5, 5.41) is 6.71. The van der Waals surface area contributed by atoms with Gasteiger partial charge in [-0.3, -0.25) is 4.99 Å². The lowest BCUT2D eigenvalue weighted by molar-refractivity contribution is 0.143. The summed E-state index contributed by atoms with van der Waals surface area (Å²) in [7, 11) is 3.50. The van der Waals surface area contributed by atoms with Gasteiger partial charge in [0.2, 0.25) is 0 Å². The fraction of sp³-hybridized carbons (Fsp3) is 0.611. The Bertz CT molecular complexity index is 463. The molecule has 0 amide bonds. The molecule has 0 radical (unpaired) electrons. The van der Waals surface area contributed by atoms with Crippen LogP contribution in [0.1, 0.15) is 38.2 Å². The van der Waals surface area contributed by atoms with Crippen molar-refractivity contribution in [2.75, 3.05) is 40.5 Å². The number of hydrogen-bond acceptors (Lipinski definition) is 3. The van der Waals surface area contributed by atoms with Gasteiger partial charge in [0, 0.05) is 39.3 Å². The maximum absolute atomic E-state index is 5.43. The molecule has 0 fully saturated rings. The standard InChI is InChI=1S/C18H31N3O2/c1-5-23-13-9-8-12-20-18(19-3)21-14-15(2)16-10-6-7-11-17(16)22-4/h6-7,10-11,15H,5,8-9,12-14H2,1-4H3,(H2,19,20,21). The van der Waals surface area contributed by atoms with E-state index in [1.807, 2.05) is 25.1 Å². The minimum atomic E-state index is 0.336. The SMILES string of the molecule is CCOCCCCNC(=NC)NCC(C)c1ccccc1OC. The third-order valence-electron chi connectivity index (χ3n) is 3.68. The third-order valence-corrected chi connectivity index (χ3v) is 3.68. The number of aliphatic imine (C=N–C) groups is 1. The van der Waals surface area contributed by atoms with E-state index in [1.165, 1.54) is 5.56 Å². The zero-order valence-corrected chi connectivity index (χ0v) is 14.9. The Balaban J connectivity index is 2.33. The van der Waals surface area contributed by atoms with Crippen molar-refractivity contribution in [3.05, 3.63) is 29.8 Å². The zero-order chi connectivity index (χ0) is 16.9. The van der Waals surface area contributed by atoms with Gasteiger partial charge in [-0.2, -0.15) is 0 Å². The molecule has 0 aliphatic carbocycles. The molecule has 1 unspecified atom stereocenters. The van der Waals surface area contributed by atoms with Crippen LogP contribution in [0.25, 0.3) is 0 Å². The van der Waals surface area contributed by atoms with Gasteiger partial charge in [0.15, 0.2) is 5.96 Å². The second-order valence-corrected chi connectivity index (χ2v) is 5.43. The molecule has 0 saturated heterocycles. The summed E-state index contributed by atoms with van der Waals surface area (Å²) in [5.41, 5.74) is 1.20. The highest BCUT2D eigenvalue weighted by Gasteiger charge is 2.11. The van der Waals surface area contributed by atoms with E-state index in [4.69, 9.17) is 9.47 Å². The number of methoxy groups -OCH3 is 1. The normalized spacial score (nSPS) is 12.8. The molecule has 23 heavy (non-hydrogen) atoms. The Hall–Kier alpha value is -1.75. The molecule has 1 aromatic rings. The monoisotopic (exact) mass is 321 g/mol. The largest absolute Gasteiger partial charge is 0.496 e. The van der Waals surface area contributed by atoms with Crippen molar-refractivity contribution in [1.82, 2.24) is 10.6 Å². The predicted molar refractivity (Wildman–Crippen MR) is 96.5 cm³/mol. The number of hydrogen-bond donors (Lipinski definition) is 2. The van der Waals surface area contributed by atoms with Crippen LogP contribution in [0.5, 0.6) is 5.75 Å². The Kier molecular flexibility index (Phi) is 9.87. The van der Waals surface area contributed by atoms with E-state index in [9.17, 15) is 0 Å². The highest BCUT2D eigenvalue weighted by molar-refractivity contribution is 5.79. The minimum absolute atomic E-state index is 0.336. The number of benzene rings is 1. The van der Waals surface area contributed by atoms with Crippen molar-refractivity contribution in [3.63, 3.8) is 0 Å². The average molecular weight is 321 g/mol. The maximum atomic E-state index is 5.43. The number of nitrogens with one attached hydrogen (secondary N) is 2. The molecular formula is C18H31N3O2. The lowest BCUT2D eigenvalue weighted by atomic mass is 10.0. The fourth-order valence-electron chi connectivity index (χ4n) is 2.33. The van der Waals surface area contributed by atoms with Crippen LogP contribution in [0, 0.1) is 0 Å². The van der Waals surface area contributed by atoms with Crippen LogP contribution >= 0.6 is 0 Å². The first kappa shape index (κ1) is 19.3. The molecule has 0 saturated carbocycles.